The summed E-state index contributed by atoms with van der Waals surface area (Å²) in [6.45, 7) is 8.53. The van der Waals surface area contributed by atoms with E-state index in [4.69, 9.17) is 9.47 Å². The van der Waals surface area contributed by atoms with Gasteiger partial charge in [-0.1, -0.05) is 19.6 Å². The average molecular weight is 693 g/mol. The second-order valence-corrected chi connectivity index (χ2v) is 17.8. The molecule has 1 fully saturated rings. The molecular formula is C28H35F7N8O3Si. The van der Waals surface area contributed by atoms with Crippen molar-refractivity contribution in [1.82, 2.24) is 24.7 Å². The molecule has 4 rings (SSSR count). The van der Waals surface area contributed by atoms with Crippen LogP contribution in [0.25, 0.3) is 0 Å². The minimum atomic E-state index is -4.99. The molecule has 1 N–H and O–H groups in total. The largest absolute Gasteiger partial charge is 0.473 e. The van der Waals surface area contributed by atoms with Crippen molar-refractivity contribution >= 4 is 25.4 Å². The Kier molecular flexibility index (Phi) is 11.0. The highest BCUT2D eigenvalue weighted by Crippen LogP contribution is 2.33. The van der Waals surface area contributed by atoms with Crippen LogP contribution in [-0.4, -0.2) is 78.2 Å². The van der Waals surface area contributed by atoms with Crippen LogP contribution in [0, 0.1) is 5.82 Å². The lowest BCUT2D eigenvalue weighted by molar-refractivity contribution is -0.139. The number of hydrogen-bond acceptors (Lipinski definition) is 10. The van der Waals surface area contributed by atoms with Gasteiger partial charge in [0.2, 0.25) is 11.8 Å². The molecule has 0 saturated carbocycles. The van der Waals surface area contributed by atoms with Crippen molar-refractivity contribution in [3.05, 3.63) is 58.2 Å². The first-order valence-electron chi connectivity index (χ1n) is 14.6. The van der Waals surface area contributed by atoms with Crippen molar-refractivity contribution in [2.24, 2.45) is 0 Å². The zero-order valence-corrected chi connectivity index (χ0v) is 27.1. The number of pyridine rings is 1. The summed E-state index contributed by atoms with van der Waals surface area (Å²) in [7, 11) is -1.44. The molecule has 1 saturated heterocycles. The molecule has 1 aliphatic rings. The zero-order valence-electron chi connectivity index (χ0n) is 26.1. The molecule has 0 radical (unpaired) electrons. The number of anilines is 3. The maximum Gasteiger partial charge on any atom is 0.423 e. The van der Waals surface area contributed by atoms with Gasteiger partial charge in [0, 0.05) is 59.5 Å². The molecule has 0 bridgehead atoms. The fourth-order valence-corrected chi connectivity index (χ4v) is 5.30. The molecule has 0 aromatic carbocycles. The van der Waals surface area contributed by atoms with Gasteiger partial charge in [-0.15, -0.1) is 0 Å². The molecule has 0 amide bonds. The summed E-state index contributed by atoms with van der Waals surface area (Å²) in [5.41, 5.74) is -4.18. The van der Waals surface area contributed by atoms with E-state index in [-0.39, 0.29) is 37.2 Å². The molecule has 11 nitrogen and oxygen atoms in total. The Morgan fingerprint density at radius 2 is 1.60 bits per heavy atom. The molecule has 3 aromatic rings. The van der Waals surface area contributed by atoms with Gasteiger partial charge in [-0.25, -0.2) is 19.6 Å². The lowest BCUT2D eigenvalue weighted by atomic mass is 10.2. The minimum absolute atomic E-state index is 0.116. The van der Waals surface area contributed by atoms with Gasteiger partial charge in [-0.3, -0.25) is 4.79 Å². The van der Waals surface area contributed by atoms with Crippen molar-refractivity contribution < 1.29 is 40.2 Å². The average Bonchev–Trinajstić information content (AvgIpc) is 2.98. The number of halogens is 7. The third kappa shape index (κ3) is 9.52. The summed E-state index contributed by atoms with van der Waals surface area (Å²) in [6, 6.07) is 1.36. The van der Waals surface area contributed by atoms with Crippen LogP contribution in [0.15, 0.2) is 35.6 Å². The summed E-state index contributed by atoms with van der Waals surface area (Å²) in [5.74, 6) is -1.07. The van der Waals surface area contributed by atoms with Crippen LogP contribution in [0.1, 0.15) is 18.1 Å². The first kappa shape index (κ1) is 35.8. The summed E-state index contributed by atoms with van der Waals surface area (Å²) in [5, 5.41) is 6.40. The lowest BCUT2D eigenvalue weighted by Crippen LogP contribution is -2.47. The highest BCUT2D eigenvalue weighted by atomic mass is 28.3. The standard InChI is InChI=1S/C28H35F7N8O3Si/c1-18(40-20-15-39-43(17-45-11-12-47(2,3)4)25(44)22(20)28(33,34)35)16-46-24-23(29)21(5-6-36-24)41-7-9-42(10-8-41)26-37-13-19(14-38-26)27(30,31)32/h5-6,13-15,18,40H,7-12,16-17H2,1-4H3/t18-/m0/s1. The SMILES string of the molecule is C[C@@H](COc1nccc(N2CCN(c3ncc(C(F)(F)F)cn3)CC2)c1F)Nc1cnn(COCC[Si](C)(C)C)c(=O)c1C(F)(F)F. The van der Waals surface area contributed by atoms with Gasteiger partial charge in [0.1, 0.15) is 18.9 Å². The van der Waals surface area contributed by atoms with E-state index in [1.165, 1.54) is 19.2 Å². The Balaban J connectivity index is 1.36. The normalized spacial score (nSPS) is 15.1. The van der Waals surface area contributed by atoms with Crippen LogP contribution in [0.2, 0.25) is 25.7 Å². The van der Waals surface area contributed by atoms with Gasteiger partial charge in [0.05, 0.1) is 29.2 Å². The molecule has 47 heavy (non-hydrogen) atoms. The number of ether oxygens (including phenoxy) is 2. The highest BCUT2D eigenvalue weighted by Gasteiger charge is 2.39. The Labute approximate surface area is 266 Å². The Morgan fingerprint density at radius 3 is 2.19 bits per heavy atom. The van der Waals surface area contributed by atoms with Gasteiger partial charge >= 0.3 is 12.4 Å². The van der Waals surface area contributed by atoms with E-state index in [2.05, 4.69) is 45.0 Å². The second-order valence-electron chi connectivity index (χ2n) is 12.1. The van der Waals surface area contributed by atoms with E-state index in [0.717, 1.165) is 12.2 Å². The van der Waals surface area contributed by atoms with Crippen molar-refractivity contribution in [1.29, 1.82) is 0 Å². The maximum absolute atomic E-state index is 15.4. The predicted molar refractivity (Wildman–Crippen MR) is 162 cm³/mol. The fraction of sp³-hybridized carbons (Fsp3) is 0.536. The number of alkyl halides is 6. The minimum Gasteiger partial charge on any atom is -0.473 e. The molecular weight excluding hydrogens is 657 g/mol. The molecule has 0 unspecified atom stereocenters. The molecule has 0 spiro atoms. The van der Waals surface area contributed by atoms with Gasteiger partial charge in [0.25, 0.3) is 11.4 Å². The number of piperazine rings is 1. The van der Waals surface area contributed by atoms with Gasteiger partial charge < -0.3 is 24.6 Å². The Morgan fingerprint density at radius 1 is 0.957 bits per heavy atom. The Bertz CT molecular complexity index is 1560. The van der Waals surface area contributed by atoms with Crippen molar-refractivity contribution in [2.45, 2.75) is 57.7 Å². The molecule has 4 heterocycles. The van der Waals surface area contributed by atoms with E-state index < -0.39 is 61.4 Å². The van der Waals surface area contributed by atoms with E-state index in [1.54, 1.807) is 9.80 Å². The smallest absolute Gasteiger partial charge is 0.423 e. The van der Waals surface area contributed by atoms with Crippen LogP contribution in [0.3, 0.4) is 0 Å². The van der Waals surface area contributed by atoms with Gasteiger partial charge in [0.15, 0.2) is 0 Å². The summed E-state index contributed by atoms with van der Waals surface area (Å²) >= 11 is 0. The van der Waals surface area contributed by atoms with Crippen molar-refractivity contribution in [3.8, 4) is 5.88 Å². The number of rotatable bonds is 12. The van der Waals surface area contributed by atoms with Crippen LogP contribution in [-0.2, 0) is 23.8 Å². The van der Waals surface area contributed by atoms with Crippen LogP contribution < -0.4 is 25.4 Å². The molecule has 258 valence electrons. The van der Waals surface area contributed by atoms with Gasteiger partial charge in [-0.2, -0.15) is 35.8 Å². The third-order valence-electron chi connectivity index (χ3n) is 7.11. The molecule has 19 heteroatoms. The molecule has 1 atom stereocenters. The first-order chi connectivity index (χ1) is 21.9. The summed E-state index contributed by atoms with van der Waals surface area (Å²) in [6.07, 6.45) is -5.94. The number of nitrogens with zero attached hydrogens (tertiary/aromatic N) is 7. The van der Waals surface area contributed by atoms with Crippen LogP contribution >= 0.6 is 0 Å². The van der Waals surface area contributed by atoms with E-state index >= 15 is 4.39 Å². The monoisotopic (exact) mass is 692 g/mol. The van der Waals surface area contributed by atoms with Crippen LogP contribution in [0.4, 0.5) is 48.1 Å². The molecule has 3 aromatic heterocycles. The lowest BCUT2D eigenvalue weighted by Gasteiger charge is -2.36. The maximum atomic E-state index is 15.4. The zero-order chi connectivity index (χ0) is 34.6. The van der Waals surface area contributed by atoms with Crippen molar-refractivity contribution in [2.75, 3.05) is 54.5 Å². The predicted octanol–water partition coefficient (Wildman–Crippen LogP) is 5.12. The number of aromatic nitrogens is 5. The number of nitrogens with one attached hydrogen (secondary N) is 1. The van der Waals surface area contributed by atoms with Crippen molar-refractivity contribution in [3.63, 3.8) is 0 Å². The molecule has 1 aliphatic heterocycles. The Hall–Kier alpha value is -4.00. The van der Waals surface area contributed by atoms with Gasteiger partial charge in [-0.05, 0) is 19.0 Å². The summed E-state index contributed by atoms with van der Waals surface area (Å²) < 4.78 is 107. The number of hydrogen-bond donors (Lipinski definition) is 1. The molecule has 0 aliphatic carbocycles. The fourth-order valence-electron chi connectivity index (χ4n) is 4.54. The topological polar surface area (TPSA) is 111 Å². The second kappa shape index (κ2) is 14.4. The quantitative estimate of drug-likeness (QED) is 0.156. The summed E-state index contributed by atoms with van der Waals surface area (Å²) in [4.78, 5) is 27.6. The third-order valence-corrected chi connectivity index (χ3v) is 8.82. The highest BCUT2D eigenvalue weighted by molar-refractivity contribution is 6.76. The van der Waals surface area contributed by atoms with E-state index in [9.17, 15) is 31.1 Å². The van der Waals surface area contributed by atoms with Crippen LogP contribution in [0.5, 0.6) is 5.88 Å². The van der Waals surface area contributed by atoms with E-state index in [0.29, 0.717) is 36.8 Å². The van der Waals surface area contributed by atoms with E-state index in [1.807, 2.05) is 0 Å². The first-order valence-corrected chi connectivity index (χ1v) is 18.3.